The van der Waals surface area contributed by atoms with Crippen molar-refractivity contribution < 1.29 is 19.4 Å². The summed E-state index contributed by atoms with van der Waals surface area (Å²) >= 11 is 7.58. The molecule has 2 amide bonds. The van der Waals surface area contributed by atoms with Crippen LogP contribution in [0.15, 0.2) is 42.5 Å². The van der Waals surface area contributed by atoms with E-state index in [1.165, 1.54) is 4.90 Å². The van der Waals surface area contributed by atoms with Crippen molar-refractivity contribution in [3.63, 3.8) is 0 Å². The van der Waals surface area contributed by atoms with E-state index in [0.717, 1.165) is 41.4 Å². The van der Waals surface area contributed by atoms with Crippen molar-refractivity contribution >= 4 is 50.7 Å². The van der Waals surface area contributed by atoms with Gasteiger partial charge < -0.3 is 9.84 Å². The van der Waals surface area contributed by atoms with E-state index in [9.17, 15) is 14.7 Å². The molecule has 0 aliphatic carbocycles. The first-order valence-electron chi connectivity index (χ1n) is 12.1. The number of carbonyl (C=O) groups excluding carboxylic acids is 2. The zero-order chi connectivity index (χ0) is 25.2. The highest BCUT2D eigenvalue weighted by Gasteiger charge is 2.40. The van der Waals surface area contributed by atoms with Gasteiger partial charge in [-0.25, -0.2) is 4.98 Å². The number of imide groups is 1. The lowest BCUT2D eigenvalue weighted by molar-refractivity contribution is -0.122. The minimum absolute atomic E-state index is 0.150. The van der Waals surface area contributed by atoms with Crippen molar-refractivity contribution in [2.75, 3.05) is 50.8 Å². The summed E-state index contributed by atoms with van der Waals surface area (Å²) in [6.07, 6.45) is -0.379. The van der Waals surface area contributed by atoms with Crippen LogP contribution in [0.4, 0.5) is 5.69 Å². The predicted molar refractivity (Wildman–Crippen MR) is 141 cm³/mol. The highest BCUT2D eigenvalue weighted by atomic mass is 35.5. The zero-order valence-corrected chi connectivity index (χ0v) is 21.7. The largest absolute Gasteiger partial charge is 0.491 e. The molecule has 36 heavy (non-hydrogen) atoms. The second kappa shape index (κ2) is 10.8. The number of β-amino-alcohol motifs (C(OH)–C–C–N with tert-alkyl or cyclic N) is 1. The molecule has 2 fully saturated rings. The Labute approximate surface area is 219 Å². The smallest absolute Gasteiger partial charge is 0.238 e. The number of aliphatic hydroxyl groups excluding tert-OH is 1. The van der Waals surface area contributed by atoms with Crippen LogP contribution in [0.1, 0.15) is 11.4 Å². The van der Waals surface area contributed by atoms with E-state index < -0.39 is 6.10 Å². The van der Waals surface area contributed by atoms with Gasteiger partial charge in [-0.3, -0.25) is 24.3 Å². The van der Waals surface area contributed by atoms with Gasteiger partial charge in [0.2, 0.25) is 11.8 Å². The number of carbonyl (C=O) groups is 2. The first kappa shape index (κ1) is 25.1. The number of ether oxygens (including phenoxy) is 1. The number of fused-ring (bicyclic) bond motifs is 1. The van der Waals surface area contributed by atoms with E-state index in [1.54, 1.807) is 35.6 Å². The Balaban J connectivity index is 1.06. The van der Waals surface area contributed by atoms with Crippen LogP contribution < -0.4 is 9.64 Å². The average molecular weight is 529 g/mol. The summed E-state index contributed by atoms with van der Waals surface area (Å²) in [5.74, 6) is 0.0547. The number of amides is 2. The van der Waals surface area contributed by atoms with E-state index in [-0.39, 0.29) is 30.8 Å². The monoisotopic (exact) mass is 528 g/mol. The summed E-state index contributed by atoms with van der Waals surface area (Å²) in [6.45, 7) is 6.43. The molecule has 0 radical (unpaired) electrons. The summed E-state index contributed by atoms with van der Waals surface area (Å²) in [4.78, 5) is 35.7. The van der Waals surface area contributed by atoms with Gasteiger partial charge in [-0.2, -0.15) is 0 Å². The van der Waals surface area contributed by atoms with E-state index in [0.29, 0.717) is 29.5 Å². The first-order chi connectivity index (χ1) is 17.4. The number of thiazole rings is 1. The van der Waals surface area contributed by atoms with Crippen LogP contribution in [0.25, 0.3) is 10.2 Å². The fourth-order valence-electron chi connectivity index (χ4n) is 4.82. The van der Waals surface area contributed by atoms with E-state index in [1.807, 2.05) is 25.1 Å². The Kier molecular flexibility index (Phi) is 7.55. The van der Waals surface area contributed by atoms with Crippen LogP contribution in [-0.4, -0.2) is 83.7 Å². The van der Waals surface area contributed by atoms with E-state index in [2.05, 4.69) is 14.8 Å². The number of aromatic nitrogens is 1. The summed E-state index contributed by atoms with van der Waals surface area (Å²) in [7, 11) is 0. The molecule has 1 aromatic heterocycles. The average Bonchev–Trinajstić information content (AvgIpc) is 3.36. The minimum Gasteiger partial charge on any atom is -0.491 e. The van der Waals surface area contributed by atoms with Gasteiger partial charge in [0.05, 0.1) is 26.8 Å². The van der Waals surface area contributed by atoms with Crippen molar-refractivity contribution in [2.24, 2.45) is 5.92 Å². The highest BCUT2D eigenvalue weighted by molar-refractivity contribution is 7.18. The highest BCUT2D eigenvalue weighted by Crippen LogP contribution is 2.28. The molecule has 3 heterocycles. The molecule has 0 saturated carbocycles. The lowest BCUT2D eigenvalue weighted by Gasteiger charge is -2.36. The molecule has 1 N–H and O–H groups in total. The Hall–Kier alpha value is -2.56. The number of hydrogen-bond acceptors (Lipinski definition) is 8. The van der Waals surface area contributed by atoms with Crippen LogP contribution in [0, 0.1) is 12.8 Å². The Morgan fingerprint density at radius 2 is 1.83 bits per heavy atom. The lowest BCUT2D eigenvalue weighted by atomic mass is 10.1. The number of hydrogen-bond donors (Lipinski definition) is 1. The van der Waals surface area contributed by atoms with Gasteiger partial charge in [0.1, 0.15) is 18.5 Å². The molecule has 190 valence electrons. The van der Waals surface area contributed by atoms with Gasteiger partial charge >= 0.3 is 0 Å². The van der Waals surface area contributed by atoms with Gasteiger partial charge in [-0.05, 0) is 43.3 Å². The maximum Gasteiger partial charge on any atom is 0.238 e. The molecule has 2 aliphatic rings. The van der Waals surface area contributed by atoms with Gasteiger partial charge in [-0.15, -0.1) is 11.3 Å². The third-order valence-electron chi connectivity index (χ3n) is 6.65. The number of aryl methyl sites for hydroxylation is 1. The minimum atomic E-state index is -0.605. The standard InChI is InChI=1S/C26H29ClN4O4S/c1-17-28-23-13-22(6-7-24(23)36-17)35-16-21(32)15-30-10-8-29(9-11-30)14-18-12-25(33)31(26(18)34)20-4-2-19(27)3-5-20/h2-7,13,18,21,32H,8-12,14-16H2,1H3/t18?,21-/m1/s1. The van der Waals surface area contributed by atoms with E-state index >= 15 is 0 Å². The van der Waals surface area contributed by atoms with Crippen LogP contribution >= 0.6 is 22.9 Å². The molecular weight excluding hydrogens is 500 g/mol. The quantitative estimate of drug-likeness (QED) is 0.449. The second-order valence-electron chi connectivity index (χ2n) is 9.37. The molecule has 8 nitrogen and oxygen atoms in total. The Morgan fingerprint density at radius 1 is 1.11 bits per heavy atom. The molecule has 0 spiro atoms. The molecule has 2 saturated heterocycles. The van der Waals surface area contributed by atoms with Crippen LogP contribution in [0.3, 0.4) is 0 Å². The number of rotatable bonds is 8. The zero-order valence-electron chi connectivity index (χ0n) is 20.1. The Morgan fingerprint density at radius 3 is 2.58 bits per heavy atom. The molecule has 2 aliphatic heterocycles. The van der Waals surface area contributed by atoms with Crippen LogP contribution in [0.2, 0.25) is 5.02 Å². The molecule has 3 aromatic rings. The van der Waals surface area contributed by atoms with Crippen molar-refractivity contribution in [3.05, 3.63) is 52.5 Å². The number of benzene rings is 2. The van der Waals surface area contributed by atoms with E-state index in [4.69, 9.17) is 16.3 Å². The second-order valence-corrected chi connectivity index (χ2v) is 11.0. The molecule has 10 heteroatoms. The van der Waals surface area contributed by atoms with Gasteiger partial charge in [-0.1, -0.05) is 11.6 Å². The summed E-state index contributed by atoms with van der Waals surface area (Å²) in [5, 5.41) is 12.1. The predicted octanol–water partition coefficient (Wildman–Crippen LogP) is 3.20. The van der Waals surface area contributed by atoms with Crippen molar-refractivity contribution in [1.82, 2.24) is 14.8 Å². The summed E-state index contributed by atoms with van der Waals surface area (Å²) in [6, 6.07) is 12.6. The lowest BCUT2D eigenvalue weighted by Crippen LogP contribution is -2.50. The number of piperazine rings is 1. The molecule has 2 aromatic carbocycles. The number of anilines is 1. The number of nitrogens with zero attached hydrogens (tertiary/aromatic N) is 4. The topological polar surface area (TPSA) is 86.2 Å². The first-order valence-corrected chi connectivity index (χ1v) is 13.3. The number of halogens is 1. The molecule has 0 bridgehead atoms. The van der Waals surface area contributed by atoms with Gasteiger partial charge in [0.25, 0.3) is 0 Å². The van der Waals surface area contributed by atoms with Crippen molar-refractivity contribution in [3.8, 4) is 5.75 Å². The van der Waals surface area contributed by atoms with Crippen LogP contribution in [-0.2, 0) is 9.59 Å². The Bertz CT molecular complexity index is 1240. The fourth-order valence-corrected chi connectivity index (χ4v) is 5.75. The number of aliphatic hydroxyl groups is 1. The van der Waals surface area contributed by atoms with Gasteiger partial charge in [0.15, 0.2) is 0 Å². The maximum atomic E-state index is 12.9. The third kappa shape index (κ3) is 5.71. The molecule has 1 unspecified atom stereocenters. The molecule has 5 rings (SSSR count). The molecular formula is C26H29ClN4O4S. The third-order valence-corrected chi connectivity index (χ3v) is 7.85. The van der Waals surface area contributed by atoms with Crippen LogP contribution in [0.5, 0.6) is 5.75 Å². The SMILES string of the molecule is Cc1nc2cc(OC[C@H](O)CN3CCN(CC4CC(=O)N(c5ccc(Cl)cc5)C4=O)CC3)ccc2s1. The summed E-state index contributed by atoms with van der Waals surface area (Å²) < 4.78 is 6.93. The van der Waals surface area contributed by atoms with Crippen molar-refractivity contribution in [1.29, 1.82) is 0 Å². The fraction of sp³-hybridized carbons (Fsp3) is 0.423. The van der Waals surface area contributed by atoms with Gasteiger partial charge in [0, 0.05) is 56.8 Å². The molecule has 2 atom stereocenters. The normalized spacial score (nSPS) is 20.4. The maximum absolute atomic E-state index is 12.9. The van der Waals surface area contributed by atoms with Crippen molar-refractivity contribution in [2.45, 2.75) is 19.4 Å². The summed E-state index contributed by atoms with van der Waals surface area (Å²) in [5.41, 5.74) is 1.49.